The number of sulfonamides is 1. The van der Waals surface area contributed by atoms with Crippen LogP contribution in [-0.4, -0.2) is 42.0 Å². The Kier molecular flexibility index (Phi) is 5.15. The molecule has 0 aliphatic rings. The molecule has 26 heavy (non-hydrogen) atoms. The summed E-state index contributed by atoms with van der Waals surface area (Å²) >= 11 is 0. The van der Waals surface area contributed by atoms with Crippen LogP contribution in [0.5, 0.6) is 0 Å². The average molecular weight is 370 g/mol. The van der Waals surface area contributed by atoms with Crippen molar-refractivity contribution in [1.82, 2.24) is 14.1 Å². The molecule has 1 aromatic heterocycles. The topological polar surface area (TPSA) is 84.3 Å². The number of aromatic nitrogens is 2. The number of likely N-dealkylation sites (N-methyl/N-ethyl adjacent to an activating group) is 1. The summed E-state index contributed by atoms with van der Waals surface area (Å²) < 4.78 is 27.8. The molecule has 134 valence electrons. The van der Waals surface area contributed by atoms with E-state index in [1.165, 1.54) is 24.1 Å². The average Bonchev–Trinajstić information content (AvgIpc) is 3.14. The largest absolute Gasteiger partial charge is 0.325 e. The van der Waals surface area contributed by atoms with Gasteiger partial charge in [-0.3, -0.25) is 4.79 Å². The van der Waals surface area contributed by atoms with Gasteiger partial charge in [0.25, 0.3) is 0 Å². The zero-order chi connectivity index (χ0) is 18.6. The van der Waals surface area contributed by atoms with E-state index in [-0.39, 0.29) is 11.4 Å². The van der Waals surface area contributed by atoms with Crippen molar-refractivity contribution < 1.29 is 13.2 Å². The standard InChI is InChI=1S/C18H18N4O3S/c1-21(14-18(23)20-15-8-4-2-5-9-15)26(24,25)17-12-19-22(13-17)16-10-6-3-7-11-16/h2-13H,14H2,1H3,(H,20,23). The molecule has 0 radical (unpaired) electrons. The van der Waals surface area contributed by atoms with Crippen molar-refractivity contribution in [3.05, 3.63) is 73.1 Å². The van der Waals surface area contributed by atoms with Crippen molar-refractivity contribution in [2.45, 2.75) is 4.90 Å². The van der Waals surface area contributed by atoms with Gasteiger partial charge in [0.2, 0.25) is 15.9 Å². The molecule has 3 aromatic rings. The first-order valence-electron chi connectivity index (χ1n) is 7.88. The Labute approximate surface area is 151 Å². The van der Waals surface area contributed by atoms with E-state index in [9.17, 15) is 13.2 Å². The van der Waals surface area contributed by atoms with Crippen molar-refractivity contribution in [3.63, 3.8) is 0 Å². The molecule has 0 saturated heterocycles. The number of amides is 1. The first-order valence-corrected chi connectivity index (χ1v) is 9.32. The molecule has 1 N–H and O–H groups in total. The van der Waals surface area contributed by atoms with Crippen molar-refractivity contribution in [2.75, 3.05) is 18.9 Å². The van der Waals surface area contributed by atoms with Crippen LogP contribution in [0.4, 0.5) is 5.69 Å². The van der Waals surface area contributed by atoms with Gasteiger partial charge >= 0.3 is 0 Å². The van der Waals surface area contributed by atoms with Crippen LogP contribution in [0.25, 0.3) is 5.69 Å². The van der Waals surface area contributed by atoms with Crippen LogP contribution in [0.1, 0.15) is 0 Å². The van der Waals surface area contributed by atoms with Crippen LogP contribution in [0, 0.1) is 0 Å². The van der Waals surface area contributed by atoms with Gasteiger partial charge in [0, 0.05) is 12.7 Å². The molecule has 7 nitrogen and oxygen atoms in total. The fraction of sp³-hybridized carbons (Fsp3) is 0.111. The fourth-order valence-corrected chi connectivity index (χ4v) is 3.41. The van der Waals surface area contributed by atoms with Crippen LogP contribution < -0.4 is 5.32 Å². The van der Waals surface area contributed by atoms with Crippen LogP contribution in [0.2, 0.25) is 0 Å². The first kappa shape index (κ1) is 17.8. The minimum Gasteiger partial charge on any atom is -0.325 e. The predicted octanol–water partition coefficient (Wildman–Crippen LogP) is 2.13. The molecule has 0 unspecified atom stereocenters. The van der Waals surface area contributed by atoms with Gasteiger partial charge < -0.3 is 5.32 Å². The summed E-state index contributed by atoms with van der Waals surface area (Å²) in [4.78, 5) is 12.1. The number of nitrogens with zero attached hydrogens (tertiary/aromatic N) is 3. The lowest BCUT2D eigenvalue weighted by molar-refractivity contribution is -0.116. The van der Waals surface area contributed by atoms with Crippen LogP contribution >= 0.6 is 0 Å². The second kappa shape index (κ2) is 7.51. The number of hydrogen-bond acceptors (Lipinski definition) is 4. The minimum absolute atomic E-state index is 0.0244. The number of nitrogens with one attached hydrogen (secondary N) is 1. The summed E-state index contributed by atoms with van der Waals surface area (Å²) in [5, 5.41) is 6.75. The number of carbonyl (C=O) groups is 1. The maximum atomic E-state index is 12.7. The zero-order valence-electron chi connectivity index (χ0n) is 14.1. The SMILES string of the molecule is CN(CC(=O)Nc1ccccc1)S(=O)(=O)c1cnn(-c2ccccc2)c1. The molecule has 0 aliphatic heterocycles. The molecule has 0 saturated carbocycles. The van der Waals surface area contributed by atoms with Gasteiger partial charge in [0.05, 0.1) is 24.6 Å². The molecule has 0 fully saturated rings. The molecule has 1 amide bonds. The third kappa shape index (κ3) is 3.98. The second-order valence-electron chi connectivity index (χ2n) is 5.63. The number of carbonyl (C=O) groups excluding carboxylic acids is 1. The first-order chi connectivity index (χ1) is 12.5. The molecule has 0 aliphatic carbocycles. The van der Waals surface area contributed by atoms with Crippen LogP contribution in [0.15, 0.2) is 78.0 Å². The van der Waals surface area contributed by atoms with E-state index in [0.717, 1.165) is 9.99 Å². The van der Waals surface area contributed by atoms with Crippen molar-refractivity contribution in [2.24, 2.45) is 0 Å². The number of hydrogen-bond donors (Lipinski definition) is 1. The van der Waals surface area contributed by atoms with E-state index in [1.807, 2.05) is 36.4 Å². The summed E-state index contributed by atoms with van der Waals surface area (Å²) in [5.74, 6) is -0.419. The van der Waals surface area contributed by atoms with Crippen LogP contribution in [0.3, 0.4) is 0 Å². The molecule has 0 atom stereocenters. The Hall–Kier alpha value is -2.97. The molecule has 0 bridgehead atoms. The van der Waals surface area contributed by atoms with Gasteiger partial charge in [-0.15, -0.1) is 0 Å². The second-order valence-corrected chi connectivity index (χ2v) is 7.68. The van der Waals surface area contributed by atoms with E-state index >= 15 is 0 Å². The Bertz CT molecular complexity index is 986. The fourth-order valence-electron chi connectivity index (χ4n) is 2.35. The van der Waals surface area contributed by atoms with Gasteiger partial charge in [-0.2, -0.15) is 9.40 Å². The van der Waals surface area contributed by atoms with E-state index < -0.39 is 15.9 Å². The molecule has 3 rings (SSSR count). The molecule has 8 heteroatoms. The lowest BCUT2D eigenvalue weighted by atomic mass is 10.3. The number of anilines is 1. The predicted molar refractivity (Wildman–Crippen MR) is 98.5 cm³/mol. The maximum Gasteiger partial charge on any atom is 0.246 e. The van der Waals surface area contributed by atoms with E-state index in [0.29, 0.717) is 5.69 Å². The number of rotatable bonds is 6. The van der Waals surface area contributed by atoms with E-state index in [1.54, 1.807) is 24.3 Å². The summed E-state index contributed by atoms with van der Waals surface area (Å²) in [6.07, 6.45) is 2.70. The van der Waals surface area contributed by atoms with Gasteiger partial charge in [-0.25, -0.2) is 13.1 Å². The Morgan fingerprint density at radius 1 is 1.08 bits per heavy atom. The normalized spacial score (nSPS) is 11.5. The summed E-state index contributed by atoms with van der Waals surface area (Å²) in [5.41, 5.74) is 1.36. The minimum atomic E-state index is -3.82. The van der Waals surface area contributed by atoms with Gasteiger partial charge in [-0.05, 0) is 24.3 Å². The van der Waals surface area contributed by atoms with Crippen molar-refractivity contribution in [1.29, 1.82) is 0 Å². The highest BCUT2D eigenvalue weighted by Gasteiger charge is 2.24. The highest BCUT2D eigenvalue weighted by molar-refractivity contribution is 7.89. The zero-order valence-corrected chi connectivity index (χ0v) is 14.9. The Balaban J connectivity index is 1.71. The third-order valence-electron chi connectivity index (χ3n) is 3.71. The highest BCUT2D eigenvalue weighted by atomic mass is 32.2. The Morgan fingerprint density at radius 3 is 2.35 bits per heavy atom. The quantitative estimate of drug-likeness (QED) is 0.720. The van der Waals surface area contributed by atoms with Crippen LogP contribution in [-0.2, 0) is 14.8 Å². The Morgan fingerprint density at radius 2 is 1.69 bits per heavy atom. The number of para-hydroxylation sites is 2. The monoisotopic (exact) mass is 370 g/mol. The van der Waals surface area contributed by atoms with E-state index in [4.69, 9.17) is 0 Å². The van der Waals surface area contributed by atoms with Gasteiger partial charge in [0.1, 0.15) is 4.90 Å². The third-order valence-corrected chi connectivity index (χ3v) is 5.47. The summed E-state index contributed by atoms with van der Waals surface area (Å²) in [6.45, 7) is -0.298. The van der Waals surface area contributed by atoms with E-state index in [2.05, 4.69) is 10.4 Å². The lowest BCUT2D eigenvalue weighted by Crippen LogP contribution is -2.34. The molecular formula is C18H18N4O3S. The summed E-state index contributed by atoms with van der Waals surface area (Å²) in [7, 11) is -2.46. The molecule has 0 spiro atoms. The molecular weight excluding hydrogens is 352 g/mol. The smallest absolute Gasteiger partial charge is 0.246 e. The lowest BCUT2D eigenvalue weighted by Gasteiger charge is -2.15. The number of benzene rings is 2. The summed E-state index contributed by atoms with van der Waals surface area (Å²) in [6, 6.07) is 18.0. The maximum absolute atomic E-state index is 12.7. The van der Waals surface area contributed by atoms with Gasteiger partial charge in [-0.1, -0.05) is 36.4 Å². The van der Waals surface area contributed by atoms with Crippen molar-refractivity contribution >= 4 is 21.6 Å². The molecule has 2 aromatic carbocycles. The van der Waals surface area contributed by atoms with Gasteiger partial charge in [0.15, 0.2) is 0 Å². The van der Waals surface area contributed by atoms with Crippen molar-refractivity contribution in [3.8, 4) is 5.69 Å². The highest BCUT2D eigenvalue weighted by Crippen LogP contribution is 2.16. The molecule has 1 heterocycles.